The molecule has 0 aliphatic carbocycles. The zero-order chi connectivity index (χ0) is 12.3. The molecule has 1 fully saturated rings. The first-order valence-electron chi connectivity index (χ1n) is 6.12. The second kappa shape index (κ2) is 5.95. The van der Waals surface area contributed by atoms with Crippen molar-refractivity contribution in [1.82, 2.24) is 9.97 Å². The molecule has 1 unspecified atom stereocenters. The number of nitrogens with zero attached hydrogens (tertiary/aromatic N) is 2. The van der Waals surface area contributed by atoms with Crippen LogP contribution in [0, 0.1) is 3.57 Å². The fraction of sp³-hybridized carbons (Fsp3) is 0.667. The van der Waals surface area contributed by atoms with Gasteiger partial charge in [0.25, 0.3) is 0 Å². The summed E-state index contributed by atoms with van der Waals surface area (Å²) in [5.41, 5.74) is 7.04. The molecule has 94 valence electrons. The Hall–Kier alpha value is -0.430. The Morgan fingerprint density at radius 2 is 2.29 bits per heavy atom. The number of rotatable bonds is 3. The molecule has 2 heterocycles. The summed E-state index contributed by atoms with van der Waals surface area (Å²) in [6.45, 7) is 3.74. The van der Waals surface area contributed by atoms with Gasteiger partial charge in [0.2, 0.25) is 0 Å². The van der Waals surface area contributed by atoms with E-state index in [1.165, 1.54) is 0 Å². The van der Waals surface area contributed by atoms with Crippen molar-refractivity contribution < 1.29 is 4.74 Å². The van der Waals surface area contributed by atoms with Gasteiger partial charge in [0, 0.05) is 12.5 Å². The highest BCUT2D eigenvalue weighted by Crippen LogP contribution is 2.26. The highest BCUT2D eigenvalue weighted by Gasteiger charge is 2.21. The number of halogens is 1. The number of hydrogen-bond donors (Lipinski definition) is 1. The van der Waals surface area contributed by atoms with Gasteiger partial charge in [-0.25, -0.2) is 9.97 Å². The molecule has 1 atom stereocenters. The monoisotopic (exact) mass is 347 g/mol. The lowest BCUT2D eigenvalue weighted by atomic mass is 10.0. The summed E-state index contributed by atoms with van der Waals surface area (Å²) in [6, 6.07) is 0. The predicted molar refractivity (Wildman–Crippen MR) is 76.0 cm³/mol. The normalized spacial score (nSPS) is 20.5. The van der Waals surface area contributed by atoms with Crippen LogP contribution in [0.15, 0.2) is 0 Å². The molecule has 0 spiro atoms. The quantitative estimate of drug-likeness (QED) is 0.854. The molecule has 0 saturated carbocycles. The maximum absolute atomic E-state index is 5.96. The van der Waals surface area contributed by atoms with Crippen molar-refractivity contribution in [1.29, 1.82) is 0 Å². The summed E-state index contributed by atoms with van der Waals surface area (Å²) in [5, 5.41) is 0. The average molecular weight is 347 g/mol. The number of aryl methyl sites for hydroxylation is 1. The van der Waals surface area contributed by atoms with Gasteiger partial charge in [0.05, 0.1) is 15.9 Å². The van der Waals surface area contributed by atoms with Gasteiger partial charge in [-0.15, -0.1) is 0 Å². The van der Waals surface area contributed by atoms with Crippen molar-refractivity contribution in [2.75, 3.05) is 18.9 Å². The van der Waals surface area contributed by atoms with E-state index in [2.05, 4.69) is 39.5 Å². The van der Waals surface area contributed by atoms with Gasteiger partial charge in [0.15, 0.2) is 0 Å². The van der Waals surface area contributed by atoms with Crippen molar-refractivity contribution in [3.8, 4) is 0 Å². The number of nitrogen functional groups attached to an aromatic ring is 1. The van der Waals surface area contributed by atoms with Crippen LogP contribution in [0.2, 0.25) is 0 Å². The van der Waals surface area contributed by atoms with Crippen LogP contribution < -0.4 is 5.73 Å². The van der Waals surface area contributed by atoms with Gasteiger partial charge in [-0.2, -0.15) is 0 Å². The Labute approximate surface area is 115 Å². The van der Waals surface area contributed by atoms with Gasteiger partial charge in [0.1, 0.15) is 11.6 Å². The van der Waals surface area contributed by atoms with E-state index in [1.807, 2.05) is 0 Å². The van der Waals surface area contributed by atoms with E-state index in [-0.39, 0.29) is 0 Å². The van der Waals surface area contributed by atoms with Crippen molar-refractivity contribution in [2.45, 2.75) is 38.5 Å². The zero-order valence-electron chi connectivity index (χ0n) is 10.1. The first kappa shape index (κ1) is 13.0. The maximum atomic E-state index is 5.96. The average Bonchev–Trinajstić information content (AvgIpc) is 2.36. The van der Waals surface area contributed by atoms with E-state index < -0.39 is 0 Å². The van der Waals surface area contributed by atoms with Crippen LogP contribution in [0.25, 0.3) is 0 Å². The van der Waals surface area contributed by atoms with Gasteiger partial charge < -0.3 is 10.5 Å². The molecular weight excluding hydrogens is 329 g/mol. The Balaban J connectivity index is 2.27. The van der Waals surface area contributed by atoms with Crippen LogP contribution in [0.1, 0.15) is 43.6 Å². The van der Waals surface area contributed by atoms with Crippen LogP contribution >= 0.6 is 22.6 Å². The number of anilines is 1. The molecule has 2 N–H and O–H groups in total. The van der Waals surface area contributed by atoms with Gasteiger partial charge in [-0.3, -0.25) is 0 Å². The largest absolute Gasteiger partial charge is 0.383 e. The Morgan fingerprint density at radius 3 is 2.94 bits per heavy atom. The van der Waals surface area contributed by atoms with Crippen LogP contribution in [0.4, 0.5) is 5.82 Å². The SMILES string of the molecule is CCCc1nc(C2CCCOC2)nc(N)c1I. The zero-order valence-corrected chi connectivity index (χ0v) is 12.2. The second-order valence-electron chi connectivity index (χ2n) is 4.39. The summed E-state index contributed by atoms with van der Waals surface area (Å²) in [4.78, 5) is 9.09. The Kier molecular flexibility index (Phi) is 4.55. The molecule has 0 amide bonds. The minimum absolute atomic E-state index is 0.318. The minimum Gasteiger partial charge on any atom is -0.383 e. The standard InChI is InChI=1S/C12H18IN3O/c1-2-4-9-10(13)11(14)16-12(15-9)8-5-3-6-17-7-8/h8H,2-7H2,1H3,(H2,14,15,16). The van der Waals surface area contributed by atoms with E-state index in [4.69, 9.17) is 10.5 Å². The molecule has 0 radical (unpaired) electrons. The van der Waals surface area contributed by atoms with Crippen molar-refractivity contribution in [3.05, 3.63) is 15.1 Å². The molecule has 1 aromatic heterocycles. The van der Waals surface area contributed by atoms with Crippen molar-refractivity contribution in [2.24, 2.45) is 0 Å². The third-order valence-corrected chi connectivity index (χ3v) is 4.15. The summed E-state index contributed by atoms with van der Waals surface area (Å²) in [6.07, 6.45) is 4.23. The van der Waals surface area contributed by atoms with E-state index in [0.29, 0.717) is 11.7 Å². The third kappa shape index (κ3) is 3.07. The van der Waals surface area contributed by atoms with Crippen LogP contribution in [-0.2, 0) is 11.2 Å². The number of hydrogen-bond acceptors (Lipinski definition) is 4. The third-order valence-electron chi connectivity index (χ3n) is 2.98. The number of aromatic nitrogens is 2. The lowest BCUT2D eigenvalue weighted by Crippen LogP contribution is -2.19. The molecule has 17 heavy (non-hydrogen) atoms. The highest BCUT2D eigenvalue weighted by atomic mass is 127. The Morgan fingerprint density at radius 1 is 1.47 bits per heavy atom. The number of ether oxygens (including phenoxy) is 1. The smallest absolute Gasteiger partial charge is 0.140 e. The number of nitrogens with two attached hydrogens (primary N) is 1. The second-order valence-corrected chi connectivity index (χ2v) is 5.47. The minimum atomic E-state index is 0.318. The van der Waals surface area contributed by atoms with Crippen LogP contribution in [0.3, 0.4) is 0 Å². The molecule has 1 saturated heterocycles. The van der Waals surface area contributed by atoms with E-state index in [1.54, 1.807) is 0 Å². The molecule has 5 heteroatoms. The predicted octanol–water partition coefficient (Wildman–Crippen LogP) is 2.51. The van der Waals surface area contributed by atoms with E-state index >= 15 is 0 Å². The molecular formula is C12H18IN3O. The van der Waals surface area contributed by atoms with Crippen molar-refractivity contribution in [3.63, 3.8) is 0 Å². The maximum Gasteiger partial charge on any atom is 0.140 e. The molecule has 1 aliphatic rings. The lowest BCUT2D eigenvalue weighted by Gasteiger charge is -2.21. The lowest BCUT2D eigenvalue weighted by molar-refractivity contribution is 0.0780. The molecule has 2 rings (SSSR count). The molecule has 0 bridgehead atoms. The van der Waals surface area contributed by atoms with E-state index in [0.717, 1.165) is 54.0 Å². The van der Waals surface area contributed by atoms with Crippen molar-refractivity contribution >= 4 is 28.4 Å². The summed E-state index contributed by atoms with van der Waals surface area (Å²) >= 11 is 2.23. The van der Waals surface area contributed by atoms with Gasteiger partial charge >= 0.3 is 0 Å². The van der Waals surface area contributed by atoms with Crippen LogP contribution in [-0.4, -0.2) is 23.2 Å². The summed E-state index contributed by atoms with van der Waals surface area (Å²) in [7, 11) is 0. The molecule has 4 nitrogen and oxygen atoms in total. The highest BCUT2D eigenvalue weighted by molar-refractivity contribution is 14.1. The Bertz CT molecular complexity index is 392. The topological polar surface area (TPSA) is 61.0 Å². The van der Waals surface area contributed by atoms with Crippen LogP contribution in [0.5, 0.6) is 0 Å². The van der Waals surface area contributed by atoms with E-state index in [9.17, 15) is 0 Å². The van der Waals surface area contributed by atoms with Gasteiger partial charge in [-0.1, -0.05) is 13.3 Å². The first-order valence-corrected chi connectivity index (χ1v) is 7.19. The molecule has 1 aromatic rings. The summed E-state index contributed by atoms with van der Waals surface area (Å²) in [5.74, 6) is 1.80. The fourth-order valence-corrected chi connectivity index (χ4v) is 2.57. The molecule has 1 aliphatic heterocycles. The molecule has 0 aromatic carbocycles. The fourth-order valence-electron chi connectivity index (χ4n) is 2.06. The van der Waals surface area contributed by atoms with Gasteiger partial charge in [-0.05, 0) is 41.9 Å². The summed E-state index contributed by atoms with van der Waals surface area (Å²) < 4.78 is 6.49. The first-order chi connectivity index (χ1) is 8.22.